The van der Waals surface area contributed by atoms with Gasteiger partial charge in [-0.05, 0) is 18.6 Å². The van der Waals surface area contributed by atoms with Crippen LogP contribution in [-0.4, -0.2) is 42.5 Å². The summed E-state index contributed by atoms with van der Waals surface area (Å²) in [7, 11) is 0. The first-order valence-electron chi connectivity index (χ1n) is 7.31. The molecule has 1 unspecified atom stereocenters. The molecule has 5 heteroatoms. The number of benzene rings is 1. The Bertz CT molecular complexity index is 546. The molecule has 0 aromatic heterocycles. The van der Waals surface area contributed by atoms with Crippen molar-refractivity contribution in [3.8, 4) is 0 Å². The molecule has 0 radical (unpaired) electrons. The van der Waals surface area contributed by atoms with E-state index in [-0.39, 0.29) is 11.9 Å². The van der Waals surface area contributed by atoms with E-state index >= 15 is 0 Å². The number of carbonyl (C=O) groups excluding carboxylic acids is 2. The SMILES string of the molecule is C=CCN(CC=C)C(=O)NC1CCN(c2ccccc2)C1=O. The van der Waals surface area contributed by atoms with E-state index in [9.17, 15) is 9.59 Å². The highest BCUT2D eigenvalue weighted by Crippen LogP contribution is 2.21. The molecule has 5 nitrogen and oxygen atoms in total. The van der Waals surface area contributed by atoms with Gasteiger partial charge in [0.05, 0.1) is 0 Å². The maximum atomic E-state index is 12.4. The Hall–Kier alpha value is -2.56. The van der Waals surface area contributed by atoms with Crippen molar-refractivity contribution < 1.29 is 9.59 Å². The van der Waals surface area contributed by atoms with E-state index in [0.717, 1.165) is 5.69 Å². The molecule has 1 fully saturated rings. The highest BCUT2D eigenvalue weighted by molar-refractivity contribution is 6.01. The largest absolute Gasteiger partial charge is 0.326 e. The third-order valence-electron chi connectivity index (χ3n) is 3.56. The summed E-state index contributed by atoms with van der Waals surface area (Å²) in [6.45, 7) is 8.71. The molecule has 1 atom stereocenters. The van der Waals surface area contributed by atoms with Gasteiger partial charge in [-0.3, -0.25) is 4.79 Å². The molecule has 1 aliphatic rings. The number of hydrogen-bond acceptors (Lipinski definition) is 2. The van der Waals surface area contributed by atoms with Gasteiger partial charge in [0.15, 0.2) is 0 Å². The first-order valence-corrected chi connectivity index (χ1v) is 7.31. The third-order valence-corrected chi connectivity index (χ3v) is 3.56. The normalized spacial score (nSPS) is 17.2. The monoisotopic (exact) mass is 299 g/mol. The fraction of sp³-hybridized carbons (Fsp3) is 0.294. The number of nitrogens with zero attached hydrogens (tertiary/aromatic N) is 2. The lowest BCUT2D eigenvalue weighted by atomic mass is 10.2. The third kappa shape index (κ3) is 3.55. The summed E-state index contributed by atoms with van der Waals surface area (Å²) in [5.41, 5.74) is 0.860. The second kappa shape index (κ2) is 7.45. The Morgan fingerprint density at radius 1 is 1.27 bits per heavy atom. The number of para-hydroxylation sites is 1. The fourth-order valence-electron chi connectivity index (χ4n) is 2.47. The summed E-state index contributed by atoms with van der Waals surface area (Å²) in [4.78, 5) is 27.9. The lowest BCUT2D eigenvalue weighted by Crippen LogP contribution is -2.48. The van der Waals surface area contributed by atoms with E-state index < -0.39 is 6.04 Å². The van der Waals surface area contributed by atoms with Gasteiger partial charge in [0.1, 0.15) is 6.04 Å². The van der Waals surface area contributed by atoms with Crippen molar-refractivity contribution in [3.63, 3.8) is 0 Å². The molecule has 0 bridgehead atoms. The van der Waals surface area contributed by atoms with Gasteiger partial charge in [-0.1, -0.05) is 30.4 Å². The number of carbonyl (C=O) groups is 2. The minimum atomic E-state index is -0.482. The average molecular weight is 299 g/mol. The summed E-state index contributed by atoms with van der Waals surface area (Å²) in [6, 6.07) is 8.73. The predicted octanol–water partition coefficient (Wildman–Crippen LogP) is 2.18. The molecule has 0 saturated carbocycles. The lowest BCUT2D eigenvalue weighted by molar-refractivity contribution is -0.118. The molecular formula is C17H21N3O2. The number of urea groups is 1. The zero-order chi connectivity index (χ0) is 15.9. The molecule has 1 aromatic rings. The van der Waals surface area contributed by atoms with Crippen molar-refractivity contribution in [2.75, 3.05) is 24.5 Å². The van der Waals surface area contributed by atoms with E-state index in [1.54, 1.807) is 22.0 Å². The van der Waals surface area contributed by atoms with Crippen molar-refractivity contribution in [2.24, 2.45) is 0 Å². The van der Waals surface area contributed by atoms with Gasteiger partial charge in [-0.25, -0.2) is 4.79 Å². The molecule has 1 heterocycles. The van der Waals surface area contributed by atoms with Gasteiger partial charge in [-0.2, -0.15) is 0 Å². The number of rotatable bonds is 6. The van der Waals surface area contributed by atoms with Gasteiger partial charge in [0.2, 0.25) is 5.91 Å². The van der Waals surface area contributed by atoms with E-state index in [2.05, 4.69) is 18.5 Å². The Morgan fingerprint density at radius 3 is 2.50 bits per heavy atom. The van der Waals surface area contributed by atoms with Crippen LogP contribution in [0.5, 0.6) is 0 Å². The highest BCUT2D eigenvalue weighted by atomic mass is 16.2. The smallest absolute Gasteiger partial charge is 0.318 e. The number of anilines is 1. The van der Waals surface area contributed by atoms with Crippen LogP contribution in [0.1, 0.15) is 6.42 Å². The molecule has 1 aromatic carbocycles. The quantitative estimate of drug-likeness (QED) is 0.819. The molecular weight excluding hydrogens is 278 g/mol. The molecule has 0 aliphatic carbocycles. The van der Waals surface area contributed by atoms with Crippen molar-refractivity contribution in [2.45, 2.75) is 12.5 Å². The van der Waals surface area contributed by atoms with Crippen molar-refractivity contribution in [3.05, 3.63) is 55.6 Å². The second-order valence-corrected chi connectivity index (χ2v) is 5.10. The Balaban J connectivity index is 1.99. The molecule has 22 heavy (non-hydrogen) atoms. The van der Waals surface area contributed by atoms with Crippen LogP contribution < -0.4 is 10.2 Å². The summed E-state index contributed by atoms with van der Waals surface area (Å²) in [6.07, 6.45) is 3.90. The van der Waals surface area contributed by atoms with Crippen LogP contribution in [0.4, 0.5) is 10.5 Å². The summed E-state index contributed by atoms with van der Waals surface area (Å²) < 4.78 is 0. The Kier molecular flexibility index (Phi) is 5.36. The van der Waals surface area contributed by atoms with Crippen LogP contribution in [0.3, 0.4) is 0 Å². The van der Waals surface area contributed by atoms with E-state index in [4.69, 9.17) is 0 Å². The van der Waals surface area contributed by atoms with Crippen molar-refractivity contribution in [1.29, 1.82) is 0 Å². The standard InChI is InChI=1S/C17H21N3O2/c1-3-11-19(12-4-2)17(22)18-15-10-13-20(16(15)21)14-8-6-5-7-9-14/h3-9,15H,1-2,10-13H2,(H,18,22). The number of nitrogens with one attached hydrogen (secondary N) is 1. The zero-order valence-electron chi connectivity index (χ0n) is 12.6. The van der Waals surface area contributed by atoms with E-state index in [0.29, 0.717) is 26.1 Å². The molecule has 1 aliphatic heterocycles. The Labute approximate surface area is 130 Å². The molecule has 116 valence electrons. The molecule has 1 N–H and O–H groups in total. The van der Waals surface area contributed by atoms with Gasteiger partial charge in [0, 0.05) is 25.3 Å². The molecule has 3 amide bonds. The average Bonchev–Trinajstić information content (AvgIpc) is 2.89. The van der Waals surface area contributed by atoms with Gasteiger partial charge < -0.3 is 15.1 Å². The van der Waals surface area contributed by atoms with Crippen LogP contribution in [-0.2, 0) is 4.79 Å². The van der Waals surface area contributed by atoms with Crippen molar-refractivity contribution in [1.82, 2.24) is 10.2 Å². The molecule has 1 saturated heterocycles. The minimum Gasteiger partial charge on any atom is -0.326 e. The maximum Gasteiger partial charge on any atom is 0.318 e. The summed E-state index contributed by atoms with van der Waals surface area (Å²) in [5.74, 6) is -0.0725. The summed E-state index contributed by atoms with van der Waals surface area (Å²) >= 11 is 0. The van der Waals surface area contributed by atoms with E-state index in [1.165, 1.54) is 0 Å². The number of hydrogen-bond donors (Lipinski definition) is 1. The van der Waals surface area contributed by atoms with Crippen LogP contribution in [0, 0.1) is 0 Å². The minimum absolute atomic E-state index is 0.0725. The first-order chi connectivity index (χ1) is 10.7. The van der Waals surface area contributed by atoms with Crippen molar-refractivity contribution >= 4 is 17.6 Å². The van der Waals surface area contributed by atoms with Gasteiger partial charge >= 0.3 is 6.03 Å². The van der Waals surface area contributed by atoms with Crippen LogP contribution in [0.15, 0.2) is 55.6 Å². The first kappa shape index (κ1) is 15.8. The fourth-order valence-corrected chi connectivity index (χ4v) is 2.47. The topological polar surface area (TPSA) is 52.7 Å². The summed E-state index contributed by atoms with van der Waals surface area (Å²) in [5, 5.41) is 2.80. The maximum absolute atomic E-state index is 12.4. The Morgan fingerprint density at radius 2 is 1.91 bits per heavy atom. The number of amides is 3. The van der Waals surface area contributed by atoms with Crippen LogP contribution in [0.25, 0.3) is 0 Å². The molecule has 0 spiro atoms. The predicted molar refractivity (Wildman–Crippen MR) is 87.7 cm³/mol. The second-order valence-electron chi connectivity index (χ2n) is 5.10. The highest BCUT2D eigenvalue weighted by Gasteiger charge is 2.34. The van der Waals surface area contributed by atoms with Gasteiger partial charge in [-0.15, -0.1) is 13.2 Å². The molecule has 2 rings (SSSR count). The lowest BCUT2D eigenvalue weighted by Gasteiger charge is -2.22. The van der Waals surface area contributed by atoms with Crippen LogP contribution in [0.2, 0.25) is 0 Å². The van der Waals surface area contributed by atoms with Gasteiger partial charge in [0.25, 0.3) is 0 Å². The van der Waals surface area contributed by atoms with E-state index in [1.807, 2.05) is 30.3 Å². The van der Waals surface area contributed by atoms with Crippen LogP contribution >= 0.6 is 0 Å². The zero-order valence-corrected chi connectivity index (χ0v) is 12.6.